The van der Waals surface area contributed by atoms with Crippen molar-refractivity contribution < 1.29 is 19.1 Å². The van der Waals surface area contributed by atoms with E-state index in [1.54, 1.807) is 4.90 Å². The van der Waals surface area contributed by atoms with Crippen LogP contribution >= 0.6 is 0 Å². The lowest BCUT2D eigenvalue weighted by molar-refractivity contribution is -0.142. The Morgan fingerprint density at radius 1 is 1.07 bits per heavy atom. The van der Waals surface area contributed by atoms with Crippen molar-refractivity contribution in [1.29, 1.82) is 0 Å². The molecule has 1 saturated carbocycles. The molecule has 4 rings (SSSR count). The van der Waals surface area contributed by atoms with E-state index in [9.17, 15) is 14.4 Å². The molecule has 2 heterocycles. The van der Waals surface area contributed by atoms with Crippen molar-refractivity contribution in [2.75, 3.05) is 26.2 Å². The summed E-state index contributed by atoms with van der Waals surface area (Å²) in [6.07, 6.45) is 5.50. The molecule has 1 N–H and O–H groups in total. The molecule has 1 aromatic carbocycles. The van der Waals surface area contributed by atoms with E-state index >= 15 is 0 Å². The number of nitrogens with zero attached hydrogens (tertiary/aromatic N) is 2. The van der Waals surface area contributed by atoms with Gasteiger partial charge >= 0.3 is 0 Å². The molecule has 0 spiro atoms. The molecule has 162 valence electrons. The molecular formula is C23H31N3O4. The number of benzene rings is 1. The molecule has 3 aliphatic rings. The molecule has 1 aromatic rings. The van der Waals surface area contributed by atoms with Crippen LogP contribution in [0.25, 0.3) is 0 Å². The zero-order valence-electron chi connectivity index (χ0n) is 17.4. The molecule has 2 aliphatic heterocycles. The fourth-order valence-corrected chi connectivity index (χ4v) is 4.79. The van der Waals surface area contributed by atoms with Crippen molar-refractivity contribution in [3.63, 3.8) is 0 Å². The summed E-state index contributed by atoms with van der Waals surface area (Å²) in [7, 11) is 0. The topological polar surface area (TPSA) is 79.0 Å². The van der Waals surface area contributed by atoms with Crippen molar-refractivity contribution >= 4 is 17.7 Å². The number of ether oxygens (including phenoxy) is 1. The molecule has 0 aromatic heterocycles. The molecule has 3 amide bonds. The lowest BCUT2D eigenvalue weighted by Crippen LogP contribution is -2.46. The summed E-state index contributed by atoms with van der Waals surface area (Å²) in [6.45, 7) is 1.77. The van der Waals surface area contributed by atoms with Crippen LogP contribution in [0.4, 0.5) is 0 Å². The maximum Gasteiger partial charge on any atom is 0.242 e. The molecular weight excluding hydrogens is 382 g/mol. The number of carbonyl (C=O) groups excluding carboxylic acids is 3. The van der Waals surface area contributed by atoms with E-state index in [1.165, 1.54) is 6.42 Å². The lowest BCUT2D eigenvalue weighted by atomic mass is 9.94. The van der Waals surface area contributed by atoms with E-state index in [0.29, 0.717) is 26.2 Å². The molecule has 1 aliphatic carbocycles. The first-order chi connectivity index (χ1) is 14.6. The Labute approximate surface area is 177 Å². The average Bonchev–Trinajstić information content (AvgIpc) is 3.14. The van der Waals surface area contributed by atoms with Crippen LogP contribution in [0.3, 0.4) is 0 Å². The molecule has 2 saturated heterocycles. The van der Waals surface area contributed by atoms with E-state index in [1.807, 2.05) is 35.2 Å². The number of hydrogen-bond acceptors (Lipinski definition) is 4. The Bertz CT molecular complexity index is 763. The lowest BCUT2D eigenvalue weighted by Gasteiger charge is -2.34. The smallest absolute Gasteiger partial charge is 0.242 e. The highest BCUT2D eigenvalue weighted by Crippen LogP contribution is 2.25. The summed E-state index contributed by atoms with van der Waals surface area (Å²) in [5.74, 6) is -0.615. The van der Waals surface area contributed by atoms with Gasteiger partial charge < -0.3 is 19.9 Å². The summed E-state index contributed by atoms with van der Waals surface area (Å²) in [4.78, 5) is 41.3. The number of amides is 3. The number of carbonyl (C=O) groups is 3. The SMILES string of the molecule is O=C1CC(C(=O)N2CC(=O)N(C3CCCCC3)CC(OCc3ccccc3)C2)CN1. The predicted octanol–water partition coefficient (Wildman–Crippen LogP) is 1.71. The van der Waals surface area contributed by atoms with Crippen LogP contribution in [0, 0.1) is 5.92 Å². The second kappa shape index (κ2) is 9.60. The quantitative estimate of drug-likeness (QED) is 0.797. The minimum Gasteiger partial charge on any atom is -0.370 e. The Balaban J connectivity index is 1.48. The summed E-state index contributed by atoms with van der Waals surface area (Å²) in [5.41, 5.74) is 1.07. The third-order valence-electron chi connectivity index (χ3n) is 6.45. The van der Waals surface area contributed by atoms with Gasteiger partial charge in [0.25, 0.3) is 0 Å². The second-order valence-corrected chi connectivity index (χ2v) is 8.68. The minimum atomic E-state index is -0.388. The summed E-state index contributed by atoms with van der Waals surface area (Å²) >= 11 is 0. The van der Waals surface area contributed by atoms with Gasteiger partial charge in [-0.2, -0.15) is 0 Å². The second-order valence-electron chi connectivity index (χ2n) is 8.68. The first kappa shape index (κ1) is 20.8. The number of rotatable bonds is 5. The Hall–Kier alpha value is -2.41. The molecule has 0 radical (unpaired) electrons. The largest absolute Gasteiger partial charge is 0.370 e. The summed E-state index contributed by atoms with van der Waals surface area (Å²) < 4.78 is 6.21. The normalized spacial score (nSPS) is 25.9. The fraction of sp³-hybridized carbons (Fsp3) is 0.609. The van der Waals surface area contributed by atoms with E-state index < -0.39 is 0 Å². The zero-order valence-corrected chi connectivity index (χ0v) is 17.4. The predicted molar refractivity (Wildman–Crippen MR) is 111 cm³/mol. The van der Waals surface area contributed by atoms with Crippen LogP contribution in [-0.4, -0.2) is 65.8 Å². The highest BCUT2D eigenvalue weighted by atomic mass is 16.5. The van der Waals surface area contributed by atoms with Crippen LogP contribution in [0.1, 0.15) is 44.1 Å². The molecule has 3 fully saturated rings. The van der Waals surface area contributed by atoms with Gasteiger partial charge in [-0.1, -0.05) is 49.6 Å². The highest BCUT2D eigenvalue weighted by Gasteiger charge is 2.38. The molecule has 7 heteroatoms. The van der Waals surface area contributed by atoms with Crippen molar-refractivity contribution in [2.24, 2.45) is 5.92 Å². The minimum absolute atomic E-state index is 0.00153. The molecule has 7 nitrogen and oxygen atoms in total. The first-order valence-electron chi connectivity index (χ1n) is 11.1. The maximum atomic E-state index is 13.1. The van der Waals surface area contributed by atoms with Crippen molar-refractivity contribution in [1.82, 2.24) is 15.1 Å². The Kier molecular flexibility index (Phi) is 6.67. The Morgan fingerprint density at radius 2 is 1.83 bits per heavy atom. The van der Waals surface area contributed by atoms with Crippen LogP contribution in [0.15, 0.2) is 30.3 Å². The summed E-state index contributed by atoms with van der Waals surface area (Å²) in [5, 5.41) is 2.72. The van der Waals surface area contributed by atoms with Gasteiger partial charge in [-0.15, -0.1) is 0 Å². The fourth-order valence-electron chi connectivity index (χ4n) is 4.79. The monoisotopic (exact) mass is 413 g/mol. The van der Waals surface area contributed by atoms with Gasteiger partial charge in [0, 0.05) is 32.1 Å². The van der Waals surface area contributed by atoms with Crippen LogP contribution < -0.4 is 5.32 Å². The standard InChI is InChI=1S/C23H31N3O4/c27-21-11-18(12-24-21)23(29)25-13-20(30-16-17-7-3-1-4-8-17)14-26(22(28)15-25)19-9-5-2-6-10-19/h1,3-4,7-8,18-20H,2,5-6,9-16H2,(H,24,27). The highest BCUT2D eigenvalue weighted by molar-refractivity contribution is 5.91. The van der Waals surface area contributed by atoms with Gasteiger partial charge in [0.05, 0.1) is 25.2 Å². The van der Waals surface area contributed by atoms with E-state index in [-0.39, 0.29) is 48.8 Å². The maximum absolute atomic E-state index is 13.1. The molecule has 2 unspecified atom stereocenters. The van der Waals surface area contributed by atoms with Gasteiger partial charge in [0.15, 0.2) is 0 Å². The third-order valence-corrected chi connectivity index (χ3v) is 6.45. The van der Waals surface area contributed by atoms with Gasteiger partial charge in [-0.05, 0) is 18.4 Å². The van der Waals surface area contributed by atoms with Crippen molar-refractivity contribution in [3.05, 3.63) is 35.9 Å². The number of nitrogens with one attached hydrogen (secondary N) is 1. The van der Waals surface area contributed by atoms with Crippen LogP contribution in [0.5, 0.6) is 0 Å². The van der Waals surface area contributed by atoms with E-state index in [2.05, 4.69) is 5.32 Å². The molecule has 30 heavy (non-hydrogen) atoms. The van der Waals surface area contributed by atoms with Gasteiger partial charge in [-0.3, -0.25) is 14.4 Å². The first-order valence-corrected chi connectivity index (χ1v) is 11.1. The van der Waals surface area contributed by atoms with E-state index in [0.717, 1.165) is 31.2 Å². The van der Waals surface area contributed by atoms with Crippen molar-refractivity contribution in [2.45, 2.75) is 57.3 Å². The van der Waals surface area contributed by atoms with Gasteiger partial charge in [0.2, 0.25) is 17.7 Å². The molecule has 0 bridgehead atoms. The van der Waals surface area contributed by atoms with Crippen LogP contribution in [-0.2, 0) is 25.7 Å². The van der Waals surface area contributed by atoms with Crippen LogP contribution in [0.2, 0.25) is 0 Å². The average molecular weight is 414 g/mol. The third kappa shape index (κ3) is 5.01. The van der Waals surface area contributed by atoms with Gasteiger partial charge in [0.1, 0.15) is 0 Å². The van der Waals surface area contributed by atoms with E-state index in [4.69, 9.17) is 4.74 Å². The molecule has 2 atom stereocenters. The Morgan fingerprint density at radius 3 is 2.53 bits per heavy atom. The number of hydrogen-bond donors (Lipinski definition) is 1. The van der Waals surface area contributed by atoms with Gasteiger partial charge in [-0.25, -0.2) is 0 Å². The zero-order chi connectivity index (χ0) is 20.9. The summed E-state index contributed by atoms with van der Waals surface area (Å²) in [6, 6.07) is 10.2. The van der Waals surface area contributed by atoms with Crippen molar-refractivity contribution in [3.8, 4) is 0 Å².